The van der Waals surface area contributed by atoms with Gasteiger partial charge in [0.1, 0.15) is 12.5 Å². The van der Waals surface area contributed by atoms with Gasteiger partial charge < -0.3 is 14.8 Å². The van der Waals surface area contributed by atoms with Crippen LogP contribution in [0.15, 0.2) is 77.1 Å². The average Bonchev–Trinajstić information content (AvgIpc) is 2.86. The average molecular weight is 491 g/mol. The van der Waals surface area contributed by atoms with E-state index < -0.39 is 34.5 Å². The number of allylic oxidation sites excluding steroid dienone is 3. The smallest absolute Gasteiger partial charge is 0.337 e. The van der Waals surface area contributed by atoms with Crippen LogP contribution in [-0.4, -0.2) is 29.8 Å². The van der Waals surface area contributed by atoms with Crippen molar-refractivity contribution in [2.45, 2.75) is 32.8 Å². The van der Waals surface area contributed by atoms with E-state index in [0.29, 0.717) is 23.4 Å². The van der Waals surface area contributed by atoms with Gasteiger partial charge in [-0.1, -0.05) is 49.4 Å². The maximum absolute atomic E-state index is 13.7. The molecule has 0 saturated heterocycles. The molecule has 1 heterocycles. The number of nitrogens with one attached hydrogen (secondary N) is 1. The summed E-state index contributed by atoms with van der Waals surface area (Å²) in [6.45, 7) is 3.50. The molecule has 9 heteroatoms. The molecule has 1 aliphatic heterocycles. The highest BCUT2D eigenvalue weighted by molar-refractivity contribution is 6.12. The number of dihydropyridines is 1. The first kappa shape index (κ1) is 24.8. The first-order valence-electron chi connectivity index (χ1n) is 11.5. The number of Topliss-reactive ketones (excluding diaryl/α,β-unsaturated/α-hetero) is 1. The summed E-state index contributed by atoms with van der Waals surface area (Å²) < 4.78 is 10.5. The predicted octanol–water partition coefficient (Wildman–Crippen LogP) is 3.95. The molecular weight excluding hydrogens is 464 g/mol. The lowest BCUT2D eigenvalue weighted by Crippen LogP contribution is -2.43. The molecule has 0 spiro atoms. The Kier molecular flexibility index (Phi) is 7.00. The molecule has 0 amide bonds. The second-order valence-electron chi connectivity index (χ2n) is 8.95. The van der Waals surface area contributed by atoms with Crippen molar-refractivity contribution in [3.8, 4) is 0 Å². The van der Waals surface area contributed by atoms with Gasteiger partial charge in [0.2, 0.25) is 0 Å². The Morgan fingerprint density at radius 1 is 1.14 bits per heavy atom. The summed E-state index contributed by atoms with van der Waals surface area (Å²) in [5, 5.41) is 14.7. The van der Waals surface area contributed by atoms with Gasteiger partial charge in [-0.15, -0.1) is 0 Å². The molecule has 0 fully saturated rings. The second kappa shape index (κ2) is 10.2. The van der Waals surface area contributed by atoms with E-state index in [1.807, 2.05) is 30.3 Å². The molecule has 2 aromatic carbocycles. The van der Waals surface area contributed by atoms with Crippen molar-refractivity contribution >= 4 is 23.4 Å². The Balaban J connectivity index is 1.80. The fourth-order valence-corrected chi connectivity index (χ4v) is 4.90. The molecule has 1 aliphatic carbocycles. The first-order valence-corrected chi connectivity index (χ1v) is 11.5. The third-order valence-corrected chi connectivity index (χ3v) is 6.59. The lowest BCUT2D eigenvalue weighted by Gasteiger charge is -2.38. The molecule has 0 saturated carbocycles. The molecule has 9 nitrogen and oxygen atoms in total. The van der Waals surface area contributed by atoms with Crippen LogP contribution in [0.1, 0.15) is 37.3 Å². The van der Waals surface area contributed by atoms with Gasteiger partial charge in [0.15, 0.2) is 5.78 Å². The highest BCUT2D eigenvalue weighted by Crippen LogP contribution is 2.46. The number of methoxy groups -OCH3 is 1. The number of benzene rings is 2. The highest BCUT2D eigenvalue weighted by atomic mass is 16.6. The van der Waals surface area contributed by atoms with Gasteiger partial charge in [-0.25, -0.2) is 4.79 Å². The van der Waals surface area contributed by atoms with Crippen molar-refractivity contribution in [1.82, 2.24) is 5.32 Å². The highest BCUT2D eigenvalue weighted by Gasteiger charge is 2.47. The fourth-order valence-electron chi connectivity index (χ4n) is 4.90. The lowest BCUT2D eigenvalue weighted by atomic mass is 9.69. The van der Waals surface area contributed by atoms with Crippen molar-refractivity contribution in [2.75, 3.05) is 7.11 Å². The Morgan fingerprint density at radius 2 is 1.86 bits per heavy atom. The van der Waals surface area contributed by atoms with E-state index in [1.165, 1.54) is 25.3 Å². The zero-order valence-corrected chi connectivity index (χ0v) is 20.1. The molecule has 0 aromatic heterocycles. The first-order chi connectivity index (χ1) is 17.2. The van der Waals surface area contributed by atoms with Crippen LogP contribution < -0.4 is 5.32 Å². The van der Waals surface area contributed by atoms with Crippen LogP contribution in [0.4, 0.5) is 5.69 Å². The Bertz CT molecular complexity index is 1300. The number of nitrogens with zero attached hydrogens (tertiary/aromatic N) is 1. The number of hydrogen-bond donors (Lipinski definition) is 1. The maximum atomic E-state index is 13.7. The van der Waals surface area contributed by atoms with E-state index in [-0.39, 0.29) is 29.4 Å². The molecule has 3 atom stereocenters. The number of carbonyl (C=O) groups is 3. The summed E-state index contributed by atoms with van der Waals surface area (Å²) in [6.07, 6.45) is 0.371. The van der Waals surface area contributed by atoms with E-state index in [1.54, 1.807) is 19.9 Å². The van der Waals surface area contributed by atoms with E-state index in [9.17, 15) is 24.5 Å². The van der Waals surface area contributed by atoms with Crippen molar-refractivity contribution < 1.29 is 28.8 Å². The van der Waals surface area contributed by atoms with Gasteiger partial charge in [0, 0.05) is 35.0 Å². The number of non-ortho nitro benzene ring substituents is 1. The van der Waals surface area contributed by atoms with Crippen molar-refractivity contribution in [2.24, 2.45) is 11.8 Å². The van der Waals surface area contributed by atoms with Crippen LogP contribution in [0.5, 0.6) is 0 Å². The third kappa shape index (κ3) is 4.64. The van der Waals surface area contributed by atoms with Crippen molar-refractivity contribution in [3.63, 3.8) is 0 Å². The zero-order valence-electron chi connectivity index (χ0n) is 20.1. The molecule has 36 heavy (non-hydrogen) atoms. The molecule has 1 N–H and O–H groups in total. The van der Waals surface area contributed by atoms with Gasteiger partial charge in [-0.2, -0.15) is 0 Å². The third-order valence-electron chi connectivity index (χ3n) is 6.59. The number of ether oxygens (including phenoxy) is 2. The van der Waals surface area contributed by atoms with Crippen molar-refractivity contribution in [3.05, 3.63) is 98.4 Å². The largest absolute Gasteiger partial charge is 0.468 e. The van der Waals surface area contributed by atoms with Crippen LogP contribution >= 0.6 is 0 Å². The Labute approximate surface area is 207 Å². The standard InChI is InChI=1S/C27H26N2O7/c1-15-12-20-24(25(30)21(15)26(31)35-3)23(18-10-7-11-19(13-18)29(33)34)22(16(2)28-20)27(32)36-14-17-8-5-4-6-9-17/h4-11,13,15,21,23,28H,12,14H2,1-3H3/t15-,21+,23-/m0/s1. The van der Waals surface area contributed by atoms with Crippen molar-refractivity contribution in [1.29, 1.82) is 0 Å². The number of carbonyl (C=O) groups excluding carboxylic acids is 3. The van der Waals surface area contributed by atoms with Crippen LogP contribution in [0, 0.1) is 22.0 Å². The van der Waals surface area contributed by atoms with Gasteiger partial charge in [0.05, 0.1) is 17.6 Å². The molecule has 186 valence electrons. The second-order valence-corrected chi connectivity index (χ2v) is 8.95. The van der Waals surface area contributed by atoms with Crippen LogP contribution in [-0.2, 0) is 30.5 Å². The van der Waals surface area contributed by atoms with Crippen LogP contribution in [0.25, 0.3) is 0 Å². The van der Waals surface area contributed by atoms with Gasteiger partial charge >= 0.3 is 11.9 Å². The van der Waals surface area contributed by atoms with E-state index >= 15 is 0 Å². The Hall–Kier alpha value is -4.27. The van der Waals surface area contributed by atoms with E-state index in [4.69, 9.17) is 9.47 Å². The number of hydrogen-bond acceptors (Lipinski definition) is 8. The van der Waals surface area contributed by atoms with Crippen LogP contribution in [0.3, 0.4) is 0 Å². The molecule has 0 unspecified atom stereocenters. The minimum atomic E-state index is -1.04. The van der Waals surface area contributed by atoms with Gasteiger partial charge in [-0.3, -0.25) is 19.7 Å². The topological polar surface area (TPSA) is 125 Å². The zero-order chi connectivity index (χ0) is 26.0. The Morgan fingerprint density at radius 3 is 2.53 bits per heavy atom. The molecule has 2 aromatic rings. The molecular formula is C27H26N2O7. The number of ketones is 1. The quantitative estimate of drug-likeness (QED) is 0.279. The molecule has 4 rings (SSSR count). The minimum absolute atomic E-state index is 0.0137. The van der Waals surface area contributed by atoms with E-state index in [2.05, 4.69) is 5.32 Å². The monoisotopic (exact) mass is 490 g/mol. The summed E-state index contributed by atoms with van der Waals surface area (Å²) >= 11 is 0. The van der Waals surface area contributed by atoms with Gasteiger partial charge in [-0.05, 0) is 30.4 Å². The molecule has 2 aliphatic rings. The number of esters is 2. The maximum Gasteiger partial charge on any atom is 0.337 e. The number of rotatable bonds is 6. The SMILES string of the molecule is COC(=O)[C@H]1C(=O)C2=C(C[C@@H]1C)NC(C)=C(C(=O)OCc1ccccc1)[C@@H]2c1cccc([N+](=O)[O-])c1. The summed E-state index contributed by atoms with van der Waals surface area (Å²) in [5.74, 6) is -4.11. The minimum Gasteiger partial charge on any atom is -0.468 e. The number of nitro benzene ring substituents is 1. The van der Waals surface area contributed by atoms with E-state index in [0.717, 1.165) is 5.56 Å². The summed E-state index contributed by atoms with van der Waals surface area (Å²) in [6, 6.07) is 15.0. The summed E-state index contributed by atoms with van der Waals surface area (Å²) in [7, 11) is 1.22. The van der Waals surface area contributed by atoms with Crippen LogP contribution in [0.2, 0.25) is 0 Å². The molecule has 0 radical (unpaired) electrons. The lowest BCUT2D eigenvalue weighted by molar-refractivity contribution is -0.384. The summed E-state index contributed by atoms with van der Waals surface area (Å²) in [5.41, 5.74) is 2.45. The summed E-state index contributed by atoms with van der Waals surface area (Å²) in [4.78, 5) is 50.6. The fraction of sp³-hybridized carbons (Fsp3) is 0.296. The van der Waals surface area contributed by atoms with Gasteiger partial charge in [0.25, 0.3) is 5.69 Å². The number of nitro groups is 1. The normalized spacial score (nSPS) is 21.4. The molecule has 0 bridgehead atoms. The predicted molar refractivity (Wildman–Crippen MR) is 129 cm³/mol.